The third-order valence-corrected chi connectivity index (χ3v) is 8.21. The van der Waals surface area contributed by atoms with Gasteiger partial charge in [0.1, 0.15) is 5.82 Å². The highest BCUT2D eigenvalue weighted by molar-refractivity contribution is 6.30. The molecule has 5 nitrogen and oxygen atoms in total. The van der Waals surface area contributed by atoms with Gasteiger partial charge in [-0.15, -0.1) is 0 Å². The SMILES string of the molecule is CCOCCCO[C@@H](c1cccc(Cl)c1F)[C@@H]1CCCN(C(=O)C[C@H](CNC)CC2CCC(F)(F)CC2)C1. The maximum atomic E-state index is 15.0. The van der Waals surface area contributed by atoms with Crippen molar-refractivity contribution in [1.29, 1.82) is 0 Å². The van der Waals surface area contributed by atoms with E-state index in [1.807, 2.05) is 18.9 Å². The minimum absolute atomic E-state index is 0.0578. The Bertz CT molecular complexity index is 865. The Morgan fingerprint density at radius 3 is 2.71 bits per heavy atom. The monoisotopic (exact) mass is 560 g/mol. The second-order valence-corrected chi connectivity index (χ2v) is 11.3. The fraction of sp³-hybridized carbons (Fsp3) is 0.759. The summed E-state index contributed by atoms with van der Waals surface area (Å²) in [6.45, 7) is 5.39. The third kappa shape index (κ3) is 9.39. The van der Waals surface area contributed by atoms with Crippen molar-refractivity contribution >= 4 is 17.5 Å². The Hall–Kier alpha value is -1.35. The molecule has 1 aliphatic heterocycles. The first-order valence-corrected chi connectivity index (χ1v) is 14.5. The highest BCUT2D eigenvalue weighted by atomic mass is 35.5. The Morgan fingerprint density at radius 2 is 2.00 bits per heavy atom. The Morgan fingerprint density at radius 1 is 1.24 bits per heavy atom. The average molecular weight is 561 g/mol. The number of carbonyl (C=O) groups excluding carboxylic acids is 1. The van der Waals surface area contributed by atoms with Gasteiger partial charge in [0.05, 0.1) is 11.1 Å². The smallest absolute Gasteiger partial charge is 0.248 e. The van der Waals surface area contributed by atoms with E-state index >= 15 is 4.39 Å². The molecule has 1 amide bonds. The number of likely N-dealkylation sites (tertiary alicyclic amines) is 1. The molecule has 38 heavy (non-hydrogen) atoms. The highest BCUT2D eigenvalue weighted by Crippen LogP contribution is 2.40. The maximum absolute atomic E-state index is 15.0. The maximum Gasteiger partial charge on any atom is 0.248 e. The van der Waals surface area contributed by atoms with Gasteiger partial charge in [0.15, 0.2) is 0 Å². The Balaban J connectivity index is 1.64. The number of hydrogen-bond acceptors (Lipinski definition) is 4. The van der Waals surface area contributed by atoms with Gasteiger partial charge in [-0.3, -0.25) is 4.79 Å². The summed E-state index contributed by atoms with van der Waals surface area (Å²) in [5, 5.41) is 3.24. The number of benzene rings is 1. The molecule has 0 aromatic heterocycles. The predicted molar refractivity (Wildman–Crippen MR) is 144 cm³/mol. The van der Waals surface area contributed by atoms with Crippen LogP contribution in [0.4, 0.5) is 13.2 Å². The molecule has 0 bridgehead atoms. The van der Waals surface area contributed by atoms with Crippen molar-refractivity contribution in [1.82, 2.24) is 10.2 Å². The lowest BCUT2D eigenvalue weighted by atomic mass is 9.80. The number of ether oxygens (including phenoxy) is 2. The molecule has 1 aromatic carbocycles. The first kappa shape index (κ1) is 31.2. The zero-order valence-corrected chi connectivity index (χ0v) is 23.6. The molecule has 9 heteroatoms. The normalized spacial score (nSPS) is 21.8. The lowest BCUT2D eigenvalue weighted by molar-refractivity contribution is -0.136. The molecule has 1 saturated carbocycles. The van der Waals surface area contributed by atoms with Gasteiger partial charge < -0.3 is 19.7 Å². The van der Waals surface area contributed by atoms with E-state index in [-0.39, 0.29) is 41.5 Å². The lowest BCUT2D eigenvalue weighted by Gasteiger charge is -2.38. The molecule has 3 rings (SSSR count). The van der Waals surface area contributed by atoms with E-state index in [2.05, 4.69) is 5.32 Å². The first-order chi connectivity index (χ1) is 18.2. The number of halogens is 4. The molecule has 0 radical (unpaired) electrons. The van der Waals surface area contributed by atoms with Crippen LogP contribution in [0.2, 0.25) is 5.02 Å². The molecule has 1 saturated heterocycles. The lowest BCUT2D eigenvalue weighted by Crippen LogP contribution is -2.43. The van der Waals surface area contributed by atoms with Crippen LogP contribution in [0.25, 0.3) is 0 Å². The summed E-state index contributed by atoms with van der Waals surface area (Å²) < 4.78 is 53.9. The fourth-order valence-electron chi connectivity index (χ4n) is 5.93. The minimum Gasteiger partial charge on any atom is -0.382 e. The van der Waals surface area contributed by atoms with Gasteiger partial charge in [-0.1, -0.05) is 23.7 Å². The highest BCUT2D eigenvalue weighted by Gasteiger charge is 2.37. The standard InChI is InChI=1S/C29H44ClF3N2O3/c1-3-37-15-6-16-38-28(24-8-4-9-25(30)27(24)31)23-7-5-14-35(20-23)26(36)18-22(19-34-2)17-21-10-12-29(32,33)13-11-21/h4,8-9,21-23,28,34H,3,5-7,10-20H2,1-2H3/t22-,23-,28-/m1/s1. The topological polar surface area (TPSA) is 50.8 Å². The predicted octanol–water partition coefficient (Wildman–Crippen LogP) is 6.64. The van der Waals surface area contributed by atoms with Crippen LogP contribution in [-0.2, 0) is 14.3 Å². The molecule has 2 aliphatic rings. The zero-order valence-electron chi connectivity index (χ0n) is 22.8. The van der Waals surface area contributed by atoms with Crippen LogP contribution in [0, 0.1) is 23.6 Å². The van der Waals surface area contributed by atoms with Gasteiger partial charge in [0, 0.05) is 63.7 Å². The summed E-state index contributed by atoms with van der Waals surface area (Å²) in [6, 6.07) is 4.97. The molecular formula is C29H44ClF3N2O3. The molecule has 1 heterocycles. The van der Waals surface area contributed by atoms with Crippen molar-refractivity contribution in [3.63, 3.8) is 0 Å². The number of carbonyl (C=O) groups is 1. The number of amides is 1. The van der Waals surface area contributed by atoms with Crippen molar-refractivity contribution in [3.05, 3.63) is 34.6 Å². The zero-order chi connectivity index (χ0) is 27.5. The number of rotatable bonds is 14. The Labute approximate surface area is 230 Å². The van der Waals surface area contributed by atoms with E-state index in [9.17, 15) is 13.6 Å². The molecular weight excluding hydrogens is 517 g/mol. The van der Waals surface area contributed by atoms with Gasteiger partial charge in [0.2, 0.25) is 11.8 Å². The van der Waals surface area contributed by atoms with Crippen molar-refractivity contribution in [2.45, 2.75) is 76.7 Å². The van der Waals surface area contributed by atoms with Crippen LogP contribution in [0.1, 0.15) is 76.4 Å². The van der Waals surface area contributed by atoms with Crippen LogP contribution in [0.3, 0.4) is 0 Å². The molecule has 0 spiro atoms. The second kappa shape index (κ2) is 15.4. The second-order valence-electron chi connectivity index (χ2n) is 10.9. The van der Waals surface area contributed by atoms with Gasteiger partial charge >= 0.3 is 0 Å². The number of piperidine rings is 1. The number of hydrogen-bond donors (Lipinski definition) is 1. The van der Waals surface area contributed by atoms with Crippen LogP contribution in [-0.4, -0.2) is 63.2 Å². The summed E-state index contributed by atoms with van der Waals surface area (Å²) in [6.07, 6.45) is 3.89. The molecule has 1 aromatic rings. The van der Waals surface area contributed by atoms with E-state index in [1.165, 1.54) is 6.07 Å². The number of nitrogens with one attached hydrogen (secondary N) is 1. The van der Waals surface area contributed by atoms with Crippen molar-refractivity contribution in [2.24, 2.45) is 17.8 Å². The van der Waals surface area contributed by atoms with Crippen LogP contribution < -0.4 is 5.32 Å². The molecule has 1 N–H and O–H groups in total. The molecule has 0 unspecified atom stereocenters. The van der Waals surface area contributed by atoms with Crippen LogP contribution in [0.15, 0.2) is 18.2 Å². The summed E-state index contributed by atoms with van der Waals surface area (Å²) in [4.78, 5) is 15.3. The van der Waals surface area contributed by atoms with Gasteiger partial charge in [-0.05, 0) is 76.9 Å². The van der Waals surface area contributed by atoms with Crippen molar-refractivity contribution < 1.29 is 27.4 Å². The summed E-state index contributed by atoms with van der Waals surface area (Å²) in [5.74, 6) is -2.68. The number of alkyl halides is 2. The third-order valence-electron chi connectivity index (χ3n) is 7.92. The number of nitrogens with zero attached hydrogens (tertiary/aromatic N) is 1. The fourth-order valence-corrected chi connectivity index (χ4v) is 6.11. The molecule has 2 fully saturated rings. The van der Waals surface area contributed by atoms with E-state index in [0.717, 1.165) is 19.3 Å². The summed E-state index contributed by atoms with van der Waals surface area (Å²) in [5.41, 5.74) is 0.426. The molecule has 216 valence electrons. The summed E-state index contributed by atoms with van der Waals surface area (Å²) in [7, 11) is 1.86. The van der Waals surface area contributed by atoms with Crippen molar-refractivity contribution in [2.75, 3.05) is 46.5 Å². The van der Waals surface area contributed by atoms with Gasteiger partial charge in [-0.25, -0.2) is 13.2 Å². The molecule has 1 aliphatic carbocycles. The summed E-state index contributed by atoms with van der Waals surface area (Å²) >= 11 is 6.10. The van der Waals surface area contributed by atoms with Crippen LogP contribution in [0.5, 0.6) is 0 Å². The minimum atomic E-state index is -2.54. The van der Waals surface area contributed by atoms with Gasteiger partial charge in [0.25, 0.3) is 0 Å². The van der Waals surface area contributed by atoms with Crippen LogP contribution >= 0.6 is 11.6 Å². The van der Waals surface area contributed by atoms with Gasteiger partial charge in [-0.2, -0.15) is 0 Å². The van der Waals surface area contributed by atoms with Crippen molar-refractivity contribution in [3.8, 4) is 0 Å². The Kier molecular flexibility index (Phi) is 12.7. The molecule has 3 atom stereocenters. The quantitative estimate of drug-likeness (QED) is 0.259. The average Bonchev–Trinajstić information content (AvgIpc) is 2.89. The van der Waals surface area contributed by atoms with E-state index < -0.39 is 17.8 Å². The van der Waals surface area contributed by atoms with E-state index in [1.54, 1.807) is 12.1 Å². The largest absolute Gasteiger partial charge is 0.382 e. The van der Waals surface area contributed by atoms with E-state index in [4.69, 9.17) is 21.1 Å². The van der Waals surface area contributed by atoms with E-state index in [0.29, 0.717) is 70.7 Å². The first-order valence-electron chi connectivity index (χ1n) is 14.2.